The van der Waals surface area contributed by atoms with Crippen molar-refractivity contribution in [1.82, 2.24) is 15.0 Å². The number of nitrogens with one attached hydrogen (secondary N) is 1. The fourth-order valence-electron chi connectivity index (χ4n) is 4.17. The van der Waals surface area contributed by atoms with Gasteiger partial charge in [0.05, 0.1) is 12.6 Å². The Balaban J connectivity index is 0.000000253. The lowest BCUT2D eigenvalue weighted by Gasteiger charge is -2.26. The van der Waals surface area contributed by atoms with E-state index in [1.165, 1.54) is 17.1 Å². The Bertz CT molecular complexity index is 1400. The van der Waals surface area contributed by atoms with E-state index in [9.17, 15) is 4.79 Å². The molecule has 0 bridgehead atoms. The number of nitrogens with zero attached hydrogens (tertiary/aromatic N) is 4. The molecule has 0 aliphatic carbocycles. The molecule has 2 aromatic carbocycles. The molecule has 0 saturated heterocycles. The van der Waals surface area contributed by atoms with Gasteiger partial charge in [-0.05, 0) is 67.6 Å². The first kappa shape index (κ1) is 26.6. The van der Waals surface area contributed by atoms with E-state index in [-0.39, 0.29) is 17.3 Å². The van der Waals surface area contributed by atoms with Crippen molar-refractivity contribution in [3.05, 3.63) is 90.3 Å². The molecule has 1 unspecified atom stereocenters. The number of para-hydroxylation sites is 1. The normalized spacial score (nSPS) is 16.0. The van der Waals surface area contributed by atoms with Gasteiger partial charge in [-0.3, -0.25) is 9.78 Å². The van der Waals surface area contributed by atoms with Crippen LogP contribution in [0.25, 0.3) is 10.9 Å². The van der Waals surface area contributed by atoms with Crippen LogP contribution in [0.1, 0.15) is 35.7 Å². The van der Waals surface area contributed by atoms with Gasteiger partial charge in [0, 0.05) is 36.6 Å². The minimum Gasteiger partial charge on any atom is -0.497 e. The Morgan fingerprint density at radius 3 is 2.63 bits per heavy atom. The van der Waals surface area contributed by atoms with E-state index in [4.69, 9.17) is 10.5 Å². The third-order valence-electron chi connectivity index (χ3n) is 6.26. The number of carbonyl (C=O) groups is 1. The number of ether oxygens (including phenoxy) is 1. The van der Waals surface area contributed by atoms with Crippen LogP contribution in [-0.2, 0) is 0 Å². The minimum atomic E-state index is -0.342. The summed E-state index contributed by atoms with van der Waals surface area (Å²) in [6.07, 6.45) is 9.91. The smallest absolute Gasteiger partial charge is 0.260 e. The first-order chi connectivity index (χ1) is 18.4. The van der Waals surface area contributed by atoms with Crippen molar-refractivity contribution >= 4 is 34.3 Å². The van der Waals surface area contributed by atoms with Crippen LogP contribution in [0.3, 0.4) is 0 Å². The number of aromatic nitrogens is 3. The van der Waals surface area contributed by atoms with Crippen LogP contribution < -0.4 is 20.7 Å². The van der Waals surface area contributed by atoms with Crippen molar-refractivity contribution in [3.8, 4) is 5.75 Å². The monoisotopic (exact) mass is 510 g/mol. The summed E-state index contributed by atoms with van der Waals surface area (Å²) >= 11 is 0. The summed E-state index contributed by atoms with van der Waals surface area (Å²) in [5.74, 6) is 1.64. The Morgan fingerprint density at radius 2 is 1.87 bits per heavy atom. The summed E-state index contributed by atoms with van der Waals surface area (Å²) in [7, 11) is 1.59. The van der Waals surface area contributed by atoms with Crippen LogP contribution in [0.2, 0.25) is 0 Å². The number of hydrogen-bond donors (Lipinski definition) is 2. The fourth-order valence-corrected chi connectivity index (χ4v) is 4.17. The molecule has 1 aliphatic heterocycles. The number of nitrogen functional groups attached to an aromatic ring is 1. The molecule has 0 spiro atoms. The molecule has 1 aliphatic rings. The molecule has 0 radical (unpaired) electrons. The minimum absolute atomic E-state index is 0.171. The molecule has 3 heterocycles. The van der Waals surface area contributed by atoms with Crippen LogP contribution in [0.4, 0.5) is 17.5 Å². The van der Waals surface area contributed by atoms with Crippen molar-refractivity contribution in [1.29, 1.82) is 0 Å². The zero-order valence-electron chi connectivity index (χ0n) is 22.1. The molecule has 2 aromatic heterocycles. The van der Waals surface area contributed by atoms with Crippen LogP contribution >= 0.6 is 0 Å². The highest BCUT2D eigenvalue weighted by Crippen LogP contribution is 2.20. The van der Waals surface area contributed by atoms with Gasteiger partial charge in [0.25, 0.3) is 5.91 Å². The molecular weight excluding hydrogens is 476 g/mol. The van der Waals surface area contributed by atoms with Crippen LogP contribution in [0.15, 0.2) is 79.1 Å². The third-order valence-corrected chi connectivity index (χ3v) is 6.26. The number of pyridine rings is 1. The van der Waals surface area contributed by atoms with E-state index in [0.717, 1.165) is 37.2 Å². The average molecular weight is 511 g/mol. The van der Waals surface area contributed by atoms with Gasteiger partial charge in [-0.2, -0.15) is 4.98 Å². The standard InChI is InChI=1S/C20H25N5O2.C10H9N/c1-14-6-4-3-5-11-25(13-14)20-22-12-17(18(21)24-20)19(26)23-15-7-9-16(27-2)10-8-15;1-8-6-9-4-2-3-5-10(9)11-7-8/h3,5,7-10,12,14H,4,6,11,13H2,1-2H3,(H,23,26)(H2,21,22,24);2-7H,1H3/b5-3-;. The fraction of sp³-hybridized carbons (Fsp3) is 0.267. The number of hydrogen-bond acceptors (Lipinski definition) is 7. The number of rotatable bonds is 4. The number of carbonyl (C=O) groups excluding carboxylic acids is 1. The first-order valence-electron chi connectivity index (χ1n) is 12.7. The highest BCUT2D eigenvalue weighted by molar-refractivity contribution is 6.07. The van der Waals surface area contributed by atoms with E-state index < -0.39 is 0 Å². The summed E-state index contributed by atoms with van der Waals surface area (Å²) in [6.45, 7) is 5.87. The molecule has 8 heteroatoms. The number of allylic oxidation sites excluding steroid dienone is 1. The van der Waals surface area contributed by atoms with Gasteiger partial charge in [-0.1, -0.05) is 37.3 Å². The van der Waals surface area contributed by atoms with E-state index in [2.05, 4.69) is 63.3 Å². The topological polar surface area (TPSA) is 106 Å². The number of methoxy groups -OCH3 is 1. The lowest BCUT2D eigenvalue weighted by molar-refractivity contribution is 0.102. The number of aryl methyl sites for hydroxylation is 1. The molecular formula is C30H34N6O2. The van der Waals surface area contributed by atoms with Crippen molar-refractivity contribution < 1.29 is 9.53 Å². The van der Waals surface area contributed by atoms with E-state index in [0.29, 0.717) is 17.6 Å². The third kappa shape index (κ3) is 7.06. The van der Waals surface area contributed by atoms with Gasteiger partial charge >= 0.3 is 0 Å². The van der Waals surface area contributed by atoms with E-state index >= 15 is 0 Å². The van der Waals surface area contributed by atoms with Gasteiger partial charge in [-0.15, -0.1) is 0 Å². The van der Waals surface area contributed by atoms with Crippen molar-refractivity contribution in [2.24, 2.45) is 5.92 Å². The lowest BCUT2D eigenvalue weighted by atomic mass is 10.0. The number of nitrogens with two attached hydrogens (primary N) is 1. The number of benzene rings is 2. The van der Waals surface area contributed by atoms with Crippen LogP contribution in [0.5, 0.6) is 5.75 Å². The molecule has 0 fully saturated rings. The summed E-state index contributed by atoms with van der Waals surface area (Å²) < 4.78 is 5.11. The predicted octanol–water partition coefficient (Wildman–Crippen LogP) is 5.66. The predicted molar refractivity (Wildman–Crippen MR) is 154 cm³/mol. The second kappa shape index (κ2) is 12.7. The molecule has 38 heavy (non-hydrogen) atoms. The van der Waals surface area contributed by atoms with Gasteiger partial charge in [0.15, 0.2) is 0 Å². The number of anilines is 3. The second-order valence-electron chi connectivity index (χ2n) is 9.42. The highest BCUT2D eigenvalue weighted by Gasteiger charge is 2.18. The molecule has 3 N–H and O–H groups in total. The molecule has 5 rings (SSSR count). The van der Waals surface area contributed by atoms with Gasteiger partial charge < -0.3 is 20.7 Å². The van der Waals surface area contributed by atoms with Crippen LogP contribution in [0, 0.1) is 12.8 Å². The summed E-state index contributed by atoms with van der Waals surface area (Å²) in [4.78, 5) is 27.6. The largest absolute Gasteiger partial charge is 0.497 e. The molecule has 196 valence electrons. The van der Waals surface area contributed by atoms with Crippen LogP contribution in [-0.4, -0.2) is 41.1 Å². The second-order valence-corrected chi connectivity index (χ2v) is 9.42. The SMILES string of the molecule is COc1ccc(NC(=O)c2cnc(N3C/C=C\CCC(C)C3)nc2N)cc1.Cc1cnc2ccccc2c1. The summed E-state index contributed by atoms with van der Waals surface area (Å²) in [5.41, 5.74) is 9.24. The average Bonchev–Trinajstić information content (AvgIpc) is 2.91. The zero-order chi connectivity index (χ0) is 26.9. The zero-order valence-corrected chi connectivity index (χ0v) is 22.1. The van der Waals surface area contributed by atoms with Gasteiger partial charge in [0.1, 0.15) is 17.1 Å². The summed E-state index contributed by atoms with van der Waals surface area (Å²) in [5, 5.41) is 4.01. The molecule has 0 saturated carbocycles. The van der Waals surface area contributed by atoms with E-state index in [1.54, 1.807) is 31.4 Å². The lowest BCUT2D eigenvalue weighted by Crippen LogP contribution is -2.31. The van der Waals surface area contributed by atoms with Crippen molar-refractivity contribution in [2.75, 3.05) is 36.1 Å². The van der Waals surface area contributed by atoms with Crippen molar-refractivity contribution in [3.63, 3.8) is 0 Å². The maximum atomic E-state index is 12.5. The Hall–Kier alpha value is -4.46. The molecule has 1 amide bonds. The Morgan fingerprint density at radius 1 is 1.08 bits per heavy atom. The quantitative estimate of drug-likeness (QED) is 0.341. The Labute approximate surface area is 223 Å². The molecule has 8 nitrogen and oxygen atoms in total. The molecule has 4 aromatic rings. The van der Waals surface area contributed by atoms with E-state index in [1.807, 2.05) is 24.4 Å². The van der Waals surface area contributed by atoms with Gasteiger partial charge in [-0.25, -0.2) is 4.98 Å². The maximum Gasteiger partial charge on any atom is 0.260 e. The summed E-state index contributed by atoms with van der Waals surface area (Å²) in [6, 6.07) is 17.3. The number of fused-ring (bicyclic) bond motifs is 1. The number of amides is 1. The highest BCUT2D eigenvalue weighted by atomic mass is 16.5. The van der Waals surface area contributed by atoms with Crippen molar-refractivity contribution in [2.45, 2.75) is 26.7 Å². The maximum absolute atomic E-state index is 12.5. The first-order valence-corrected chi connectivity index (χ1v) is 12.7. The molecule has 1 atom stereocenters. The van der Waals surface area contributed by atoms with Gasteiger partial charge in [0.2, 0.25) is 5.95 Å². The Kier molecular flexibility index (Phi) is 8.87.